The van der Waals surface area contributed by atoms with Crippen LogP contribution in [-0.2, 0) is 0 Å². The first kappa shape index (κ1) is 16.5. The van der Waals surface area contributed by atoms with Gasteiger partial charge in [0, 0.05) is 18.9 Å². The number of aliphatic hydroxyl groups is 1. The first-order valence-corrected chi connectivity index (χ1v) is 8.36. The van der Waals surface area contributed by atoms with Crippen LogP contribution in [0, 0.1) is 5.92 Å². The lowest BCUT2D eigenvalue weighted by Gasteiger charge is -2.17. The van der Waals surface area contributed by atoms with Crippen molar-refractivity contribution in [2.45, 2.75) is 31.9 Å². The lowest BCUT2D eigenvalue weighted by atomic mass is 10.0. The smallest absolute Gasteiger partial charge is 0.315 e. The molecule has 5 heteroatoms. The fourth-order valence-electron chi connectivity index (χ4n) is 2.68. The first-order valence-electron chi connectivity index (χ1n) is 8.36. The number of carbonyl (C=O) groups excluding carboxylic acids is 1. The van der Waals surface area contributed by atoms with Crippen LogP contribution in [0.15, 0.2) is 48.8 Å². The van der Waals surface area contributed by atoms with Gasteiger partial charge in [-0.3, -0.25) is 4.98 Å². The molecular formula is C19H23N3O2. The number of aromatic nitrogens is 1. The third-order valence-corrected chi connectivity index (χ3v) is 4.41. The molecule has 2 amide bonds. The number of pyridine rings is 1. The lowest BCUT2D eigenvalue weighted by molar-refractivity contribution is 0.149. The molecule has 0 aliphatic heterocycles. The molecule has 0 bridgehead atoms. The Morgan fingerprint density at radius 1 is 1.17 bits per heavy atom. The van der Waals surface area contributed by atoms with E-state index in [2.05, 4.69) is 15.6 Å². The van der Waals surface area contributed by atoms with Gasteiger partial charge in [0.15, 0.2) is 0 Å². The van der Waals surface area contributed by atoms with Gasteiger partial charge in [0.25, 0.3) is 0 Å². The molecule has 1 aromatic carbocycles. The maximum atomic E-state index is 11.9. The van der Waals surface area contributed by atoms with E-state index in [-0.39, 0.29) is 12.1 Å². The van der Waals surface area contributed by atoms with E-state index in [4.69, 9.17) is 0 Å². The van der Waals surface area contributed by atoms with Crippen molar-refractivity contribution in [2.24, 2.45) is 5.92 Å². The second-order valence-corrected chi connectivity index (χ2v) is 6.34. The average Bonchev–Trinajstić information content (AvgIpc) is 3.46. The van der Waals surface area contributed by atoms with Crippen molar-refractivity contribution in [3.05, 3.63) is 54.4 Å². The Balaban J connectivity index is 1.52. The summed E-state index contributed by atoms with van der Waals surface area (Å²) in [7, 11) is 0. The third kappa shape index (κ3) is 4.32. The molecule has 0 unspecified atom stereocenters. The van der Waals surface area contributed by atoms with E-state index in [1.807, 2.05) is 43.3 Å². The predicted molar refractivity (Wildman–Crippen MR) is 93.4 cm³/mol. The van der Waals surface area contributed by atoms with Gasteiger partial charge in [-0.2, -0.15) is 0 Å². The molecule has 2 aromatic rings. The van der Waals surface area contributed by atoms with Crippen LogP contribution in [0.25, 0.3) is 11.1 Å². The third-order valence-electron chi connectivity index (χ3n) is 4.41. The highest BCUT2D eigenvalue weighted by Gasteiger charge is 2.29. The zero-order valence-electron chi connectivity index (χ0n) is 13.8. The highest BCUT2D eigenvalue weighted by atomic mass is 16.3. The molecule has 1 aliphatic rings. The van der Waals surface area contributed by atoms with E-state index in [0.717, 1.165) is 29.5 Å². The standard InChI is InChI=1S/C19H23N3O2/c1-13(22-19(24)21-12-18(23)17-6-7-17)14-2-4-15(5-3-14)16-8-10-20-11-9-16/h2-5,8-11,13,17-18,23H,6-7,12H2,1H3,(H2,21,22,24)/t13-,18-/m1/s1. The fraction of sp³-hybridized carbons (Fsp3) is 0.368. The van der Waals surface area contributed by atoms with Crippen LogP contribution in [0.4, 0.5) is 4.79 Å². The van der Waals surface area contributed by atoms with Gasteiger partial charge in [0.1, 0.15) is 0 Å². The molecule has 3 N–H and O–H groups in total. The van der Waals surface area contributed by atoms with Crippen LogP contribution in [0.1, 0.15) is 31.4 Å². The zero-order valence-corrected chi connectivity index (χ0v) is 13.8. The van der Waals surface area contributed by atoms with Crippen LogP contribution in [0.3, 0.4) is 0 Å². The Morgan fingerprint density at radius 3 is 2.42 bits per heavy atom. The van der Waals surface area contributed by atoms with E-state index >= 15 is 0 Å². The summed E-state index contributed by atoms with van der Waals surface area (Å²) in [5, 5.41) is 15.4. The maximum Gasteiger partial charge on any atom is 0.315 e. The predicted octanol–water partition coefficient (Wildman–Crippen LogP) is 2.88. The molecule has 1 aliphatic carbocycles. The molecule has 0 saturated heterocycles. The van der Waals surface area contributed by atoms with Crippen LogP contribution in [0.5, 0.6) is 0 Å². The summed E-state index contributed by atoms with van der Waals surface area (Å²) in [5.41, 5.74) is 3.26. The highest BCUT2D eigenvalue weighted by Crippen LogP contribution is 2.32. The minimum atomic E-state index is -0.425. The number of nitrogens with one attached hydrogen (secondary N) is 2. The van der Waals surface area contributed by atoms with Gasteiger partial charge < -0.3 is 15.7 Å². The molecule has 3 rings (SSSR count). The van der Waals surface area contributed by atoms with Crippen molar-refractivity contribution in [3.63, 3.8) is 0 Å². The Bertz CT molecular complexity index is 669. The topological polar surface area (TPSA) is 74.2 Å². The molecule has 2 atom stereocenters. The Hall–Kier alpha value is -2.40. The van der Waals surface area contributed by atoms with Gasteiger partial charge in [-0.25, -0.2) is 4.79 Å². The number of hydrogen-bond acceptors (Lipinski definition) is 3. The van der Waals surface area contributed by atoms with E-state index < -0.39 is 6.10 Å². The molecular weight excluding hydrogens is 302 g/mol. The Labute approximate surface area is 142 Å². The molecule has 1 heterocycles. The van der Waals surface area contributed by atoms with Crippen molar-refractivity contribution in [2.75, 3.05) is 6.54 Å². The molecule has 0 spiro atoms. The summed E-state index contributed by atoms with van der Waals surface area (Å²) in [6.07, 6.45) is 5.24. The number of amides is 2. The van der Waals surface area contributed by atoms with Gasteiger partial charge >= 0.3 is 6.03 Å². The van der Waals surface area contributed by atoms with Crippen molar-refractivity contribution < 1.29 is 9.90 Å². The van der Waals surface area contributed by atoms with Crippen molar-refractivity contribution in [3.8, 4) is 11.1 Å². The largest absolute Gasteiger partial charge is 0.391 e. The van der Waals surface area contributed by atoms with Crippen LogP contribution in [0.2, 0.25) is 0 Å². The quantitative estimate of drug-likeness (QED) is 0.764. The van der Waals surface area contributed by atoms with Crippen molar-refractivity contribution >= 4 is 6.03 Å². The van der Waals surface area contributed by atoms with Crippen LogP contribution < -0.4 is 10.6 Å². The van der Waals surface area contributed by atoms with E-state index in [9.17, 15) is 9.90 Å². The summed E-state index contributed by atoms with van der Waals surface area (Å²) in [6, 6.07) is 11.7. The van der Waals surface area contributed by atoms with Crippen LogP contribution >= 0.6 is 0 Å². The monoisotopic (exact) mass is 325 g/mol. The molecule has 1 fully saturated rings. The molecule has 5 nitrogen and oxygen atoms in total. The van der Waals surface area contributed by atoms with Gasteiger partial charge in [0.05, 0.1) is 12.1 Å². The van der Waals surface area contributed by atoms with Crippen molar-refractivity contribution in [1.29, 1.82) is 0 Å². The fourth-order valence-corrected chi connectivity index (χ4v) is 2.68. The summed E-state index contributed by atoms with van der Waals surface area (Å²) in [6.45, 7) is 2.25. The molecule has 126 valence electrons. The van der Waals surface area contributed by atoms with E-state index in [1.165, 1.54) is 0 Å². The van der Waals surface area contributed by atoms with Crippen molar-refractivity contribution in [1.82, 2.24) is 15.6 Å². The SMILES string of the molecule is C[C@@H](NC(=O)NC[C@@H](O)C1CC1)c1ccc(-c2ccncc2)cc1. The number of benzene rings is 1. The first-order chi connectivity index (χ1) is 11.6. The molecule has 1 saturated carbocycles. The summed E-state index contributed by atoms with van der Waals surface area (Å²) in [5.74, 6) is 0.364. The van der Waals surface area contributed by atoms with Gasteiger partial charge in [-0.05, 0) is 54.5 Å². The number of urea groups is 1. The molecule has 24 heavy (non-hydrogen) atoms. The van der Waals surface area contributed by atoms with E-state index in [1.54, 1.807) is 12.4 Å². The van der Waals surface area contributed by atoms with E-state index in [0.29, 0.717) is 12.5 Å². The highest BCUT2D eigenvalue weighted by molar-refractivity contribution is 5.74. The summed E-state index contributed by atoms with van der Waals surface area (Å²) < 4.78 is 0. The summed E-state index contributed by atoms with van der Waals surface area (Å²) in [4.78, 5) is 15.9. The number of rotatable bonds is 6. The number of carbonyl (C=O) groups is 1. The average molecular weight is 325 g/mol. The van der Waals surface area contributed by atoms with Gasteiger partial charge in [-0.15, -0.1) is 0 Å². The second kappa shape index (κ2) is 7.45. The second-order valence-electron chi connectivity index (χ2n) is 6.34. The Kier molecular flexibility index (Phi) is 5.11. The Morgan fingerprint density at radius 2 is 1.79 bits per heavy atom. The lowest BCUT2D eigenvalue weighted by Crippen LogP contribution is -2.41. The minimum Gasteiger partial charge on any atom is -0.391 e. The zero-order chi connectivity index (χ0) is 16.9. The molecule has 1 aromatic heterocycles. The number of aliphatic hydroxyl groups excluding tert-OH is 1. The van der Waals surface area contributed by atoms with Gasteiger partial charge in [0.2, 0.25) is 0 Å². The maximum absolute atomic E-state index is 11.9. The van der Waals surface area contributed by atoms with Crippen LogP contribution in [-0.4, -0.2) is 28.8 Å². The number of hydrogen-bond donors (Lipinski definition) is 3. The van der Waals surface area contributed by atoms with Gasteiger partial charge in [-0.1, -0.05) is 24.3 Å². The molecule has 0 radical (unpaired) electrons. The normalized spacial score (nSPS) is 16.2. The number of nitrogens with zero attached hydrogens (tertiary/aromatic N) is 1. The minimum absolute atomic E-state index is 0.102. The summed E-state index contributed by atoms with van der Waals surface area (Å²) >= 11 is 0.